The van der Waals surface area contributed by atoms with Crippen molar-refractivity contribution < 1.29 is 19.8 Å². The second-order valence-corrected chi connectivity index (χ2v) is 3.23. The monoisotopic (exact) mass is 173 g/mol. The van der Waals surface area contributed by atoms with Gasteiger partial charge in [-0.15, -0.1) is 0 Å². The molecule has 1 fully saturated rings. The highest BCUT2D eigenvalue weighted by atomic mass is 16.4. The van der Waals surface area contributed by atoms with Crippen molar-refractivity contribution in [2.24, 2.45) is 11.1 Å². The second-order valence-electron chi connectivity index (χ2n) is 3.23. The molecule has 5 heteroatoms. The number of carboxylic acids is 2. The Labute approximate surface area is 69.2 Å². The maximum Gasteiger partial charge on any atom is 0.320 e. The Morgan fingerprint density at radius 2 is 1.92 bits per heavy atom. The van der Waals surface area contributed by atoms with Crippen molar-refractivity contribution in [1.29, 1.82) is 0 Å². The van der Waals surface area contributed by atoms with Gasteiger partial charge in [-0.1, -0.05) is 0 Å². The molecule has 1 aliphatic carbocycles. The van der Waals surface area contributed by atoms with Gasteiger partial charge in [-0.2, -0.15) is 0 Å². The zero-order valence-electron chi connectivity index (χ0n) is 6.49. The van der Waals surface area contributed by atoms with E-state index >= 15 is 0 Å². The van der Waals surface area contributed by atoms with Crippen LogP contribution in [0.3, 0.4) is 0 Å². The molecule has 4 N–H and O–H groups in total. The van der Waals surface area contributed by atoms with Gasteiger partial charge in [0.25, 0.3) is 0 Å². The van der Waals surface area contributed by atoms with Crippen LogP contribution in [0.5, 0.6) is 0 Å². The van der Waals surface area contributed by atoms with E-state index < -0.39 is 23.4 Å². The number of aliphatic carboxylic acids is 2. The van der Waals surface area contributed by atoms with E-state index in [0.717, 1.165) is 0 Å². The molecule has 5 nitrogen and oxygen atoms in total. The van der Waals surface area contributed by atoms with E-state index in [0.29, 0.717) is 12.8 Å². The Kier molecular flexibility index (Phi) is 2.06. The Morgan fingerprint density at radius 1 is 1.42 bits per heavy atom. The molecule has 0 spiro atoms. The first kappa shape index (κ1) is 8.99. The molecule has 68 valence electrons. The lowest BCUT2D eigenvalue weighted by atomic mass is 9.98. The minimum atomic E-state index is -1.14. The van der Waals surface area contributed by atoms with Gasteiger partial charge in [0, 0.05) is 0 Å². The predicted octanol–water partition coefficient (Wildman–Crippen LogP) is -0.347. The number of rotatable bonds is 4. The summed E-state index contributed by atoms with van der Waals surface area (Å²) in [4.78, 5) is 20.9. The summed E-state index contributed by atoms with van der Waals surface area (Å²) >= 11 is 0. The maximum atomic E-state index is 10.6. The fourth-order valence-electron chi connectivity index (χ4n) is 1.16. The fraction of sp³-hybridized carbons (Fsp3) is 0.714. The van der Waals surface area contributed by atoms with Crippen molar-refractivity contribution in [2.75, 3.05) is 0 Å². The highest BCUT2D eigenvalue weighted by molar-refractivity contribution is 5.80. The Bertz CT molecular complexity index is 221. The van der Waals surface area contributed by atoms with E-state index in [-0.39, 0.29) is 6.42 Å². The van der Waals surface area contributed by atoms with Gasteiger partial charge >= 0.3 is 11.9 Å². The van der Waals surface area contributed by atoms with Crippen molar-refractivity contribution in [2.45, 2.75) is 25.3 Å². The molecule has 0 aromatic rings. The topological polar surface area (TPSA) is 101 Å². The molecule has 0 unspecified atom stereocenters. The zero-order valence-corrected chi connectivity index (χ0v) is 6.49. The molecule has 1 rings (SSSR count). The Morgan fingerprint density at radius 3 is 2.17 bits per heavy atom. The van der Waals surface area contributed by atoms with Crippen molar-refractivity contribution in [3.63, 3.8) is 0 Å². The summed E-state index contributed by atoms with van der Waals surface area (Å²) < 4.78 is 0. The quantitative estimate of drug-likeness (QED) is 0.539. The molecule has 0 saturated heterocycles. The summed E-state index contributed by atoms with van der Waals surface area (Å²) in [6.07, 6.45) is 1.13. The normalized spacial score (nSPS) is 21.4. The van der Waals surface area contributed by atoms with Crippen molar-refractivity contribution in [1.82, 2.24) is 0 Å². The van der Waals surface area contributed by atoms with Crippen molar-refractivity contribution >= 4 is 11.9 Å². The highest BCUT2D eigenvalue weighted by Crippen LogP contribution is 2.49. The molecule has 0 amide bonds. The van der Waals surface area contributed by atoms with E-state index in [4.69, 9.17) is 15.9 Å². The first-order valence-corrected chi connectivity index (χ1v) is 3.70. The summed E-state index contributed by atoms with van der Waals surface area (Å²) in [5, 5.41) is 17.1. The molecule has 12 heavy (non-hydrogen) atoms. The fourth-order valence-corrected chi connectivity index (χ4v) is 1.16. The minimum absolute atomic E-state index is 0.0394. The van der Waals surface area contributed by atoms with Gasteiger partial charge in [0.15, 0.2) is 0 Å². The molecule has 0 radical (unpaired) electrons. The third-order valence-electron chi connectivity index (χ3n) is 2.24. The van der Waals surface area contributed by atoms with E-state index in [2.05, 4.69) is 0 Å². The molecule has 1 atom stereocenters. The van der Waals surface area contributed by atoms with Crippen LogP contribution in [-0.2, 0) is 9.59 Å². The second kappa shape index (κ2) is 2.75. The van der Waals surface area contributed by atoms with E-state index in [1.54, 1.807) is 0 Å². The molecular weight excluding hydrogens is 162 g/mol. The maximum absolute atomic E-state index is 10.6. The highest BCUT2D eigenvalue weighted by Gasteiger charge is 2.51. The van der Waals surface area contributed by atoms with Crippen LogP contribution in [0.1, 0.15) is 19.3 Å². The van der Waals surface area contributed by atoms with E-state index in [1.807, 2.05) is 0 Å². The largest absolute Gasteiger partial charge is 0.481 e. The lowest BCUT2D eigenvalue weighted by Gasteiger charge is -2.11. The number of hydrogen-bond donors (Lipinski definition) is 3. The third kappa shape index (κ3) is 1.55. The van der Waals surface area contributed by atoms with Crippen LogP contribution in [0.15, 0.2) is 0 Å². The van der Waals surface area contributed by atoms with Crippen molar-refractivity contribution in [3.8, 4) is 0 Å². The van der Waals surface area contributed by atoms with Crippen LogP contribution in [0.2, 0.25) is 0 Å². The lowest BCUT2D eigenvalue weighted by molar-refractivity contribution is -0.145. The zero-order chi connectivity index (χ0) is 9.35. The van der Waals surface area contributed by atoms with Gasteiger partial charge in [-0.25, -0.2) is 0 Å². The van der Waals surface area contributed by atoms with Gasteiger partial charge in [0.2, 0.25) is 0 Å². The number of nitrogens with two attached hydrogens (primary N) is 1. The first-order chi connectivity index (χ1) is 5.48. The first-order valence-electron chi connectivity index (χ1n) is 3.70. The lowest BCUT2D eigenvalue weighted by Crippen LogP contribution is -2.35. The predicted molar refractivity (Wildman–Crippen MR) is 39.5 cm³/mol. The summed E-state index contributed by atoms with van der Waals surface area (Å²) in [6, 6.07) is -1.05. The average molecular weight is 173 g/mol. The standard InChI is InChI=1S/C7H11NO4/c8-4(5(9)10)3-7(1-2-7)6(11)12/h4H,1-3,8H2,(H,9,10)(H,11,12)/t4-/m1/s1. The average Bonchev–Trinajstić information content (AvgIpc) is 2.68. The molecule has 0 heterocycles. The van der Waals surface area contributed by atoms with Crippen LogP contribution < -0.4 is 5.73 Å². The number of carboxylic acid groups (broad SMARTS) is 2. The number of hydrogen-bond acceptors (Lipinski definition) is 3. The van der Waals surface area contributed by atoms with Gasteiger partial charge in [-0.05, 0) is 19.3 Å². The Hall–Kier alpha value is -1.10. The van der Waals surface area contributed by atoms with Crippen LogP contribution in [-0.4, -0.2) is 28.2 Å². The smallest absolute Gasteiger partial charge is 0.320 e. The summed E-state index contributed by atoms with van der Waals surface area (Å²) in [5.41, 5.74) is 4.38. The van der Waals surface area contributed by atoms with Gasteiger partial charge < -0.3 is 15.9 Å². The van der Waals surface area contributed by atoms with Crippen molar-refractivity contribution in [3.05, 3.63) is 0 Å². The van der Waals surface area contributed by atoms with E-state index in [1.165, 1.54) is 0 Å². The van der Waals surface area contributed by atoms with Gasteiger partial charge in [-0.3, -0.25) is 9.59 Å². The minimum Gasteiger partial charge on any atom is -0.481 e. The molecule has 0 bridgehead atoms. The third-order valence-corrected chi connectivity index (χ3v) is 2.24. The van der Waals surface area contributed by atoms with Crippen LogP contribution in [0, 0.1) is 5.41 Å². The van der Waals surface area contributed by atoms with Gasteiger partial charge in [0.1, 0.15) is 6.04 Å². The summed E-state index contributed by atoms with van der Waals surface area (Å²) in [6.45, 7) is 0. The molecule has 0 aromatic heterocycles. The summed E-state index contributed by atoms with van der Waals surface area (Å²) in [7, 11) is 0. The van der Waals surface area contributed by atoms with Gasteiger partial charge in [0.05, 0.1) is 5.41 Å². The SMILES string of the molecule is N[C@H](CC1(C(=O)O)CC1)C(=O)O. The van der Waals surface area contributed by atoms with Crippen LogP contribution >= 0.6 is 0 Å². The molecule has 0 aromatic carbocycles. The molecule has 1 aliphatic rings. The summed E-state index contributed by atoms with van der Waals surface area (Å²) in [5.74, 6) is -2.07. The van der Waals surface area contributed by atoms with E-state index in [9.17, 15) is 9.59 Å². The molecule has 1 saturated carbocycles. The molecular formula is C7H11NO4. The Balaban J connectivity index is 2.51. The molecule has 0 aliphatic heterocycles. The van der Waals surface area contributed by atoms with Crippen LogP contribution in [0.25, 0.3) is 0 Å². The van der Waals surface area contributed by atoms with Crippen LogP contribution in [0.4, 0.5) is 0 Å². The number of carbonyl (C=O) groups is 2.